The van der Waals surface area contributed by atoms with Crippen LogP contribution in [0.1, 0.15) is 11.5 Å². The zero-order valence-electron chi connectivity index (χ0n) is 11.4. The first-order valence-corrected chi connectivity index (χ1v) is 6.25. The van der Waals surface area contributed by atoms with Crippen molar-refractivity contribution in [3.8, 4) is 11.3 Å². The van der Waals surface area contributed by atoms with Crippen LogP contribution in [0.3, 0.4) is 0 Å². The van der Waals surface area contributed by atoms with Gasteiger partial charge in [-0.3, -0.25) is 0 Å². The van der Waals surface area contributed by atoms with Crippen molar-refractivity contribution in [3.63, 3.8) is 0 Å². The molecular weight excluding hydrogens is 238 g/mol. The molecule has 0 atom stereocenters. The SMILES string of the molecule is Cc1nc(CN)c(-c2ccc3c(c2)ncn3C)n1C. The first-order chi connectivity index (χ1) is 9.11. The van der Waals surface area contributed by atoms with Gasteiger partial charge in [-0.2, -0.15) is 0 Å². The second-order valence-electron chi connectivity index (χ2n) is 4.78. The molecule has 0 fully saturated rings. The minimum absolute atomic E-state index is 0.442. The van der Waals surface area contributed by atoms with E-state index in [1.54, 1.807) is 0 Å². The number of nitrogens with two attached hydrogens (primary N) is 1. The quantitative estimate of drug-likeness (QED) is 0.758. The standard InChI is InChI=1S/C14H17N5/c1-9-17-12(7-15)14(19(9)3)10-4-5-13-11(6-10)16-8-18(13)2/h4-6,8H,7,15H2,1-3H3. The van der Waals surface area contributed by atoms with Crippen LogP contribution in [0.15, 0.2) is 24.5 Å². The molecule has 2 N–H and O–H groups in total. The summed E-state index contributed by atoms with van der Waals surface area (Å²) in [5, 5.41) is 0. The fourth-order valence-corrected chi connectivity index (χ4v) is 2.46. The Morgan fingerprint density at radius 1 is 1.26 bits per heavy atom. The molecule has 1 aromatic carbocycles. The summed E-state index contributed by atoms with van der Waals surface area (Å²) in [5.41, 5.74) is 11.0. The van der Waals surface area contributed by atoms with Gasteiger partial charge in [0.15, 0.2) is 0 Å². The van der Waals surface area contributed by atoms with E-state index < -0.39 is 0 Å². The minimum Gasteiger partial charge on any atom is -0.334 e. The third-order valence-corrected chi connectivity index (χ3v) is 3.58. The number of imidazole rings is 2. The predicted molar refractivity (Wildman–Crippen MR) is 75.5 cm³/mol. The van der Waals surface area contributed by atoms with Gasteiger partial charge in [-0.1, -0.05) is 6.07 Å². The average molecular weight is 255 g/mol. The van der Waals surface area contributed by atoms with Gasteiger partial charge in [0.2, 0.25) is 0 Å². The Morgan fingerprint density at radius 3 is 2.79 bits per heavy atom. The third kappa shape index (κ3) is 1.74. The van der Waals surface area contributed by atoms with Crippen LogP contribution in [0.25, 0.3) is 22.3 Å². The molecule has 2 aromatic heterocycles. The van der Waals surface area contributed by atoms with Gasteiger partial charge in [0.1, 0.15) is 5.82 Å². The van der Waals surface area contributed by atoms with Crippen LogP contribution in [0.2, 0.25) is 0 Å². The fourth-order valence-electron chi connectivity index (χ4n) is 2.46. The lowest BCUT2D eigenvalue weighted by molar-refractivity contribution is 0.865. The van der Waals surface area contributed by atoms with Crippen molar-refractivity contribution in [3.05, 3.63) is 36.0 Å². The number of hydrogen-bond donors (Lipinski definition) is 1. The van der Waals surface area contributed by atoms with E-state index in [0.29, 0.717) is 6.54 Å². The molecule has 98 valence electrons. The molecule has 5 heteroatoms. The van der Waals surface area contributed by atoms with Gasteiger partial charge in [0.25, 0.3) is 0 Å². The highest BCUT2D eigenvalue weighted by atomic mass is 15.1. The number of aromatic nitrogens is 4. The van der Waals surface area contributed by atoms with Crippen molar-refractivity contribution in [1.82, 2.24) is 19.1 Å². The molecule has 0 unspecified atom stereocenters. The molecule has 5 nitrogen and oxygen atoms in total. The molecule has 0 aliphatic carbocycles. The van der Waals surface area contributed by atoms with Gasteiger partial charge in [-0.05, 0) is 19.1 Å². The normalized spacial score (nSPS) is 11.4. The lowest BCUT2D eigenvalue weighted by Gasteiger charge is -2.06. The molecule has 3 rings (SSSR count). The summed E-state index contributed by atoms with van der Waals surface area (Å²) in [6.45, 7) is 2.43. The first-order valence-electron chi connectivity index (χ1n) is 6.25. The summed E-state index contributed by atoms with van der Waals surface area (Å²) in [5.74, 6) is 0.969. The Morgan fingerprint density at radius 2 is 2.05 bits per heavy atom. The maximum atomic E-state index is 5.79. The summed E-state index contributed by atoms with van der Waals surface area (Å²) in [6.07, 6.45) is 1.83. The summed E-state index contributed by atoms with van der Waals surface area (Å²) < 4.78 is 4.09. The van der Waals surface area contributed by atoms with Crippen LogP contribution < -0.4 is 5.73 Å². The van der Waals surface area contributed by atoms with Crippen molar-refractivity contribution in [2.45, 2.75) is 13.5 Å². The number of fused-ring (bicyclic) bond motifs is 1. The Hall–Kier alpha value is -2.14. The van der Waals surface area contributed by atoms with E-state index in [9.17, 15) is 0 Å². The highest BCUT2D eigenvalue weighted by Gasteiger charge is 2.14. The zero-order chi connectivity index (χ0) is 13.6. The summed E-state index contributed by atoms with van der Waals surface area (Å²) in [6, 6.07) is 6.27. The van der Waals surface area contributed by atoms with Gasteiger partial charge in [-0.25, -0.2) is 9.97 Å². The molecule has 0 bridgehead atoms. The average Bonchev–Trinajstić information content (AvgIpc) is 2.91. The summed E-state index contributed by atoms with van der Waals surface area (Å²) in [4.78, 5) is 8.90. The monoisotopic (exact) mass is 255 g/mol. The fraction of sp³-hybridized carbons (Fsp3) is 0.286. The second-order valence-corrected chi connectivity index (χ2v) is 4.78. The van der Waals surface area contributed by atoms with Crippen LogP contribution >= 0.6 is 0 Å². The van der Waals surface area contributed by atoms with Gasteiger partial charge in [-0.15, -0.1) is 0 Å². The highest BCUT2D eigenvalue weighted by molar-refractivity contribution is 5.81. The predicted octanol–water partition coefficient (Wildman–Crippen LogP) is 1.74. The Balaban J connectivity index is 2.24. The van der Waals surface area contributed by atoms with Gasteiger partial charge in [0, 0.05) is 26.2 Å². The second kappa shape index (κ2) is 4.20. The summed E-state index contributed by atoms with van der Waals surface area (Å²) >= 11 is 0. The lowest BCUT2D eigenvalue weighted by Crippen LogP contribution is -2.00. The smallest absolute Gasteiger partial charge is 0.106 e. The number of rotatable bonds is 2. The van der Waals surface area contributed by atoms with Gasteiger partial charge in [0.05, 0.1) is 28.7 Å². The number of benzene rings is 1. The molecule has 0 spiro atoms. The van der Waals surface area contributed by atoms with Crippen molar-refractivity contribution in [2.24, 2.45) is 19.8 Å². The molecule has 0 saturated heterocycles. The number of hydrogen-bond acceptors (Lipinski definition) is 3. The molecule has 0 aliphatic heterocycles. The van der Waals surface area contributed by atoms with Crippen LogP contribution in [0, 0.1) is 6.92 Å². The largest absolute Gasteiger partial charge is 0.334 e. The van der Waals surface area contributed by atoms with Crippen LogP contribution in [0.5, 0.6) is 0 Å². The van der Waals surface area contributed by atoms with Crippen LogP contribution in [-0.2, 0) is 20.6 Å². The van der Waals surface area contributed by atoms with E-state index in [4.69, 9.17) is 5.73 Å². The molecule has 2 heterocycles. The first kappa shape index (κ1) is 11.9. The maximum Gasteiger partial charge on any atom is 0.106 e. The topological polar surface area (TPSA) is 61.7 Å². The highest BCUT2D eigenvalue weighted by Crippen LogP contribution is 2.27. The third-order valence-electron chi connectivity index (χ3n) is 3.58. The molecular formula is C14H17N5. The molecule has 3 aromatic rings. The van der Waals surface area contributed by atoms with E-state index in [-0.39, 0.29) is 0 Å². The van der Waals surface area contributed by atoms with E-state index in [2.05, 4.69) is 32.7 Å². The van der Waals surface area contributed by atoms with E-state index >= 15 is 0 Å². The molecule has 0 saturated carbocycles. The van der Waals surface area contributed by atoms with E-state index in [1.165, 1.54) is 0 Å². The van der Waals surface area contributed by atoms with Crippen molar-refractivity contribution in [1.29, 1.82) is 0 Å². The minimum atomic E-state index is 0.442. The van der Waals surface area contributed by atoms with Gasteiger partial charge >= 0.3 is 0 Å². The van der Waals surface area contributed by atoms with Gasteiger partial charge < -0.3 is 14.9 Å². The lowest BCUT2D eigenvalue weighted by atomic mass is 10.1. The Bertz CT molecular complexity index is 751. The molecule has 0 aliphatic rings. The number of aryl methyl sites for hydroxylation is 2. The van der Waals surface area contributed by atoms with Crippen LogP contribution in [-0.4, -0.2) is 19.1 Å². The Kier molecular flexibility index (Phi) is 2.64. The van der Waals surface area contributed by atoms with Crippen molar-refractivity contribution >= 4 is 11.0 Å². The number of nitrogens with zero attached hydrogens (tertiary/aromatic N) is 4. The Labute approximate surface area is 111 Å². The molecule has 0 radical (unpaired) electrons. The molecule has 19 heavy (non-hydrogen) atoms. The van der Waals surface area contributed by atoms with Crippen molar-refractivity contribution in [2.75, 3.05) is 0 Å². The van der Waals surface area contributed by atoms with Crippen molar-refractivity contribution < 1.29 is 0 Å². The molecule has 0 amide bonds. The maximum absolute atomic E-state index is 5.79. The summed E-state index contributed by atoms with van der Waals surface area (Å²) in [7, 11) is 4.01. The zero-order valence-corrected chi connectivity index (χ0v) is 11.4. The van der Waals surface area contributed by atoms with E-state index in [0.717, 1.165) is 33.8 Å². The van der Waals surface area contributed by atoms with Crippen LogP contribution in [0.4, 0.5) is 0 Å². The van der Waals surface area contributed by atoms with E-state index in [1.807, 2.05) is 31.9 Å².